The van der Waals surface area contributed by atoms with Crippen molar-refractivity contribution in [1.82, 2.24) is 9.78 Å². The summed E-state index contributed by atoms with van der Waals surface area (Å²) in [5.74, 6) is -0.268. The van der Waals surface area contributed by atoms with E-state index in [0.29, 0.717) is 19.4 Å². The lowest BCUT2D eigenvalue weighted by atomic mass is 9.72. The Kier molecular flexibility index (Phi) is 5.48. The molecule has 1 aliphatic rings. The van der Waals surface area contributed by atoms with Crippen molar-refractivity contribution < 1.29 is 9.53 Å². The number of aromatic nitrogens is 2. The fourth-order valence-electron chi connectivity index (χ4n) is 4.06. The molecule has 5 nitrogen and oxygen atoms in total. The van der Waals surface area contributed by atoms with Gasteiger partial charge >= 0.3 is 0 Å². The number of rotatable bonds is 5. The topological polar surface area (TPSA) is 70.1 Å². The zero-order valence-electron chi connectivity index (χ0n) is 16.7. The van der Waals surface area contributed by atoms with Gasteiger partial charge in [0.05, 0.1) is 17.2 Å². The Hall–Kier alpha value is -2.57. The van der Waals surface area contributed by atoms with E-state index in [1.54, 1.807) is 18.0 Å². The van der Waals surface area contributed by atoms with Gasteiger partial charge < -0.3 is 10.5 Å². The summed E-state index contributed by atoms with van der Waals surface area (Å²) in [5, 5.41) is 4.23. The minimum absolute atomic E-state index is 0.0205. The fourth-order valence-corrected chi connectivity index (χ4v) is 4.94. The molecule has 29 heavy (non-hydrogen) atoms. The van der Waals surface area contributed by atoms with Crippen LogP contribution in [0.25, 0.3) is 11.3 Å². The average molecular weight is 408 g/mol. The van der Waals surface area contributed by atoms with Crippen LogP contribution in [0.1, 0.15) is 25.3 Å². The van der Waals surface area contributed by atoms with Gasteiger partial charge in [-0.1, -0.05) is 36.0 Å². The molecule has 6 heteroatoms. The largest absolute Gasteiger partial charge is 0.378 e. The van der Waals surface area contributed by atoms with Crippen LogP contribution in [0.15, 0.2) is 70.6 Å². The van der Waals surface area contributed by atoms with E-state index in [9.17, 15) is 4.79 Å². The number of nitrogens with two attached hydrogens (primary N) is 1. The molecule has 0 saturated carbocycles. The van der Waals surface area contributed by atoms with E-state index in [-0.39, 0.29) is 12.0 Å². The molecular weight excluding hydrogens is 382 g/mol. The monoisotopic (exact) mass is 407 g/mol. The number of hydrogen-bond acceptors (Lipinski definition) is 4. The number of primary amides is 1. The lowest BCUT2D eigenvalue weighted by Crippen LogP contribution is -2.47. The molecule has 1 aromatic heterocycles. The summed E-state index contributed by atoms with van der Waals surface area (Å²) in [4.78, 5) is 14.7. The second-order valence-corrected chi connectivity index (χ2v) is 8.72. The van der Waals surface area contributed by atoms with Gasteiger partial charge in [0.2, 0.25) is 5.91 Å². The normalized spacial score (nSPS) is 21.8. The molecule has 2 heterocycles. The van der Waals surface area contributed by atoms with Gasteiger partial charge in [-0.25, -0.2) is 0 Å². The van der Waals surface area contributed by atoms with Crippen LogP contribution in [-0.4, -0.2) is 28.4 Å². The number of hydrogen-bond donors (Lipinski definition) is 1. The highest BCUT2D eigenvalue weighted by molar-refractivity contribution is 7.99. The molecule has 0 aliphatic carbocycles. The number of amides is 1. The van der Waals surface area contributed by atoms with Crippen molar-refractivity contribution in [3.8, 4) is 11.3 Å². The Morgan fingerprint density at radius 1 is 1.21 bits per heavy atom. The van der Waals surface area contributed by atoms with Crippen LogP contribution in [0.2, 0.25) is 0 Å². The molecule has 0 bridgehead atoms. The quantitative estimate of drug-likeness (QED) is 0.689. The molecule has 0 spiro atoms. The third kappa shape index (κ3) is 3.95. The van der Waals surface area contributed by atoms with E-state index in [0.717, 1.165) is 26.6 Å². The Morgan fingerprint density at radius 3 is 2.66 bits per heavy atom. The molecule has 0 radical (unpaired) electrons. The number of carbonyl (C=O) groups excluding carboxylic acids is 1. The summed E-state index contributed by atoms with van der Waals surface area (Å²) in [5.41, 5.74) is 8.41. The van der Waals surface area contributed by atoms with E-state index in [1.165, 1.54) is 0 Å². The molecule has 4 rings (SSSR count). The number of benzene rings is 2. The number of nitrogens with zero attached hydrogens (tertiary/aromatic N) is 2. The molecule has 1 saturated heterocycles. The minimum Gasteiger partial charge on any atom is -0.378 e. The number of aryl methyl sites for hydroxylation is 1. The summed E-state index contributed by atoms with van der Waals surface area (Å²) >= 11 is 1.68. The molecule has 1 fully saturated rings. The second-order valence-electron chi connectivity index (χ2n) is 7.58. The van der Waals surface area contributed by atoms with Crippen molar-refractivity contribution in [2.45, 2.75) is 41.1 Å². The SMILES string of the molecule is C[C@H]1C[C@@](C(N)=O)(c2cccc(Sc3ccc(-c4ccnn4C)cc3)c2)CCO1. The van der Waals surface area contributed by atoms with Gasteiger partial charge in [0, 0.05) is 29.6 Å². The molecule has 2 aromatic carbocycles. The lowest BCUT2D eigenvalue weighted by Gasteiger charge is -2.38. The highest BCUT2D eigenvalue weighted by atomic mass is 32.2. The van der Waals surface area contributed by atoms with Crippen LogP contribution in [0, 0.1) is 0 Å². The first-order valence-electron chi connectivity index (χ1n) is 9.76. The van der Waals surface area contributed by atoms with E-state index in [1.807, 2.05) is 36.9 Å². The van der Waals surface area contributed by atoms with Crippen molar-refractivity contribution in [3.63, 3.8) is 0 Å². The van der Waals surface area contributed by atoms with Crippen molar-refractivity contribution in [1.29, 1.82) is 0 Å². The van der Waals surface area contributed by atoms with Crippen LogP contribution in [0.4, 0.5) is 0 Å². The molecule has 2 N–H and O–H groups in total. The Bertz CT molecular complexity index is 1010. The van der Waals surface area contributed by atoms with Crippen LogP contribution >= 0.6 is 11.8 Å². The Balaban J connectivity index is 1.58. The number of ether oxygens (including phenoxy) is 1. The molecular formula is C23H25N3O2S. The second kappa shape index (κ2) is 8.05. The maximum absolute atomic E-state index is 12.4. The molecule has 0 unspecified atom stereocenters. The number of carbonyl (C=O) groups is 1. The zero-order chi connectivity index (χ0) is 20.4. The average Bonchev–Trinajstić information content (AvgIpc) is 3.14. The highest BCUT2D eigenvalue weighted by Gasteiger charge is 2.42. The Labute approximate surface area is 175 Å². The molecule has 1 amide bonds. The van der Waals surface area contributed by atoms with E-state index in [2.05, 4.69) is 41.5 Å². The predicted molar refractivity (Wildman–Crippen MR) is 115 cm³/mol. The van der Waals surface area contributed by atoms with E-state index in [4.69, 9.17) is 10.5 Å². The molecule has 3 aromatic rings. The first kappa shape index (κ1) is 19.7. The first-order chi connectivity index (χ1) is 14.0. The van der Waals surface area contributed by atoms with Crippen LogP contribution in [0.5, 0.6) is 0 Å². The minimum atomic E-state index is -0.655. The summed E-state index contributed by atoms with van der Waals surface area (Å²) in [7, 11) is 1.94. The van der Waals surface area contributed by atoms with E-state index < -0.39 is 5.41 Å². The van der Waals surface area contributed by atoms with Crippen molar-refractivity contribution in [3.05, 3.63) is 66.4 Å². The maximum Gasteiger partial charge on any atom is 0.228 e. The van der Waals surface area contributed by atoms with Gasteiger partial charge in [0.1, 0.15) is 0 Å². The molecule has 1 aliphatic heterocycles. The Morgan fingerprint density at radius 2 is 2.00 bits per heavy atom. The first-order valence-corrected chi connectivity index (χ1v) is 10.6. The van der Waals surface area contributed by atoms with Gasteiger partial charge in [-0.05, 0) is 61.2 Å². The van der Waals surface area contributed by atoms with Gasteiger partial charge in [-0.15, -0.1) is 0 Å². The highest BCUT2D eigenvalue weighted by Crippen LogP contribution is 2.39. The van der Waals surface area contributed by atoms with Crippen molar-refractivity contribution in [2.75, 3.05) is 6.61 Å². The van der Waals surface area contributed by atoms with Gasteiger partial charge in [0.25, 0.3) is 0 Å². The van der Waals surface area contributed by atoms with Gasteiger partial charge in [-0.2, -0.15) is 5.10 Å². The van der Waals surface area contributed by atoms with Crippen LogP contribution < -0.4 is 5.73 Å². The van der Waals surface area contributed by atoms with Crippen molar-refractivity contribution >= 4 is 17.7 Å². The summed E-state index contributed by atoms with van der Waals surface area (Å²) in [6.07, 6.45) is 3.07. The predicted octanol–water partition coefficient (Wildman–Crippen LogP) is 4.16. The van der Waals surface area contributed by atoms with Crippen molar-refractivity contribution in [2.24, 2.45) is 12.8 Å². The standard InChI is InChI=1S/C23H25N3O2S/c1-16-15-23(22(24)27,11-13-28-16)18-4-3-5-20(14-18)29-19-8-6-17(7-9-19)21-10-12-25-26(21)2/h3-10,12,14,16H,11,13,15H2,1-2H3,(H2,24,27)/t16-,23+/m0/s1. The fraction of sp³-hybridized carbons (Fsp3) is 0.304. The van der Waals surface area contributed by atoms with Crippen LogP contribution in [0.3, 0.4) is 0 Å². The molecule has 2 atom stereocenters. The maximum atomic E-state index is 12.4. The smallest absolute Gasteiger partial charge is 0.228 e. The summed E-state index contributed by atoms with van der Waals surface area (Å²) in [6.45, 7) is 2.55. The van der Waals surface area contributed by atoms with Crippen LogP contribution in [-0.2, 0) is 22.0 Å². The van der Waals surface area contributed by atoms with Gasteiger partial charge in [-0.3, -0.25) is 9.48 Å². The molecule has 150 valence electrons. The lowest BCUT2D eigenvalue weighted by molar-refractivity contribution is -0.129. The third-order valence-corrected chi connectivity index (χ3v) is 6.63. The van der Waals surface area contributed by atoms with Gasteiger partial charge in [0.15, 0.2) is 0 Å². The zero-order valence-corrected chi connectivity index (χ0v) is 17.5. The summed E-state index contributed by atoms with van der Waals surface area (Å²) in [6, 6.07) is 18.6. The van der Waals surface area contributed by atoms with E-state index >= 15 is 0 Å². The summed E-state index contributed by atoms with van der Waals surface area (Å²) < 4.78 is 7.53. The third-order valence-electron chi connectivity index (χ3n) is 5.63.